The SMILES string of the molecule is CC(C)Oc1ccc(S(=O)(=O)N2CCOC(C)C2)cc1. The third-order valence-corrected chi connectivity index (χ3v) is 4.92. The van der Waals surface area contributed by atoms with Gasteiger partial charge in [-0.1, -0.05) is 0 Å². The van der Waals surface area contributed by atoms with E-state index in [-0.39, 0.29) is 12.2 Å². The van der Waals surface area contributed by atoms with Gasteiger partial charge in [0.2, 0.25) is 10.0 Å². The van der Waals surface area contributed by atoms with E-state index in [2.05, 4.69) is 0 Å². The van der Waals surface area contributed by atoms with Crippen molar-refractivity contribution in [1.29, 1.82) is 0 Å². The van der Waals surface area contributed by atoms with E-state index in [4.69, 9.17) is 9.47 Å². The average Bonchev–Trinajstić information content (AvgIpc) is 2.38. The number of nitrogens with zero attached hydrogens (tertiary/aromatic N) is 1. The molecular formula is C14H21NO4S. The summed E-state index contributed by atoms with van der Waals surface area (Å²) in [7, 11) is -3.44. The molecule has 1 aliphatic rings. The maximum Gasteiger partial charge on any atom is 0.243 e. The van der Waals surface area contributed by atoms with Gasteiger partial charge in [-0.15, -0.1) is 0 Å². The number of hydrogen-bond acceptors (Lipinski definition) is 4. The number of rotatable bonds is 4. The predicted molar refractivity (Wildman–Crippen MR) is 76.4 cm³/mol. The lowest BCUT2D eigenvalue weighted by Crippen LogP contribution is -2.44. The van der Waals surface area contributed by atoms with Gasteiger partial charge in [0.1, 0.15) is 5.75 Å². The molecule has 1 unspecified atom stereocenters. The highest BCUT2D eigenvalue weighted by Gasteiger charge is 2.28. The molecule has 0 amide bonds. The minimum atomic E-state index is -3.44. The molecule has 1 aliphatic heterocycles. The zero-order chi connectivity index (χ0) is 14.8. The van der Waals surface area contributed by atoms with Crippen molar-refractivity contribution in [3.63, 3.8) is 0 Å². The Morgan fingerprint density at radius 2 is 1.95 bits per heavy atom. The largest absolute Gasteiger partial charge is 0.491 e. The van der Waals surface area contributed by atoms with Crippen molar-refractivity contribution in [2.45, 2.75) is 37.9 Å². The van der Waals surface area contributed by atoms with Crippen LogP contribution < -0.4 is 4.74 Å². The third kappa shape index (κ3) is 3.50. The van der Waals surface area contributed by atoms with E-state index < -0.39 is 10.0 Å². The summed E-state index contributed by atoms with van der Waals surface area (Å²) in [6, 6.07) is 6.56. The first-order valence-electron chi connectivity index (χ1n) is 6.78. The zero-order valence-electron chi connectivity index (χ0n) is 12.1. The Morgan fingerprint density at radius 3 is 2.50 bits per heavy atom. The number of morpholine rings is 1. The van der Waals surface area contributed by atoms with Gasteiger partial charge in [-0.2, -0.15) is 4.31 Å². The third-order valence-electron chi connectivity index (χ3n) is 3.04. The molecule has 0 N–H and O–H groups in total. The molecule has 2 rings (SSSR count). The van der Waals surface area contributed by atoms with Crippen LogP contribution in [0.2, 0.25) is 0 Å². The molecule has 1 atom stereocenters. The smallest absolute Gasteiger partial charge is 0.243 e. The van der Waals surface area contributed by atoms with Crippen LogP contribution in [-0.4, -0.2) is 44.6 Å². The molecule has 1 aromatic rings. The molecule has 0 spiro atoms. The predicted octanol–water partition coefficient (Wildman–Crippen LogP) is 1.88. The fourth-order valence-corrected chi connectivity index (χ4v) is 3.62. The maximum absolute atomic E-state index is 12.5. The number of sulfonamides is 1. The standard InChI is InChI=1S/C14H21NO4S/c1-11(2)19-13-4-6-14(7-5-13)20(16,17)15-8-9-18-12(3)10-15/h4-7,11-12H,8-10H2,1-3H3. The van der Waals surface area contributed by atoms with Gasteiger partial charge in [0.05, 0.1) is 23.7 Å². The van der Waals surface area contributed by atoms with Crippen LogP contribution in [0.5, 0.6) is 5.75 Å². The van der Waals surface area contributed by atoms with Crippen LogP contribution in [0.3, 0.4) is 0 Å². The lowest BCUT2D eigenvalue weighted by molar-refractivity contribution is 0.0102. The maximum atomic E-state index is 12.5. The van der Waals surface area contributed by atoms with Crippen molar-refractivity contribution in [3.05, 3.63) is 24.3 Å². The van der Waals surface area contributed by atoms with Crippen molar-refractivity contribution < 1.29 is 17.9 Å². The molecule has 0 aromatic heterocycles. The van der Waals surface area contributed by atoms with Crippen molar-refractivity contribution in [2.24, 2.45) is 0 Å². The monoisotopic (exact) mass is 299 g/mol. The number of benzene rings is 1. The molecule has 0 aliphatic carbocycles. The van der Waals surface area contributed by atoms with Crippen LogP contribution in [0.15, 0.2) is 29.2 Å². The summed E-state index contributed by atoms with van der Waals surface area (Å²) in [6.07, 6.45) is -0.000350. The van der Waals surface area contributed by atoms with Crippen molar-refractivity contribution >= 4 is 10.0 Å². The van der Waals surface area contributed by atoms with Crippen LogP contribution in [0.25, 0.3) is 0 Å². The minimum absolute atomic E-state index is 0.0672. The van der Waals surface area contributed by atoms with Crippen molar-refractivity contribution in [1.82, 2.24) is 4.31 Å². The molecular weight excluding hydrogens is 278 g/mol. The van der Waals surface area contributed by atoms with E-state index in [1.165, 1.54) is 4.31 Å². The van der Waals surface area contributed by atoms with Gasteiger partial charge in [0.15, 0.2) is 0 Å². The van der Waals surface area contributed by atoms with E-state index in [1.807, 2.05) is 20.8 Å². The summed E-state index contributed by atoms with van der Waals surface area (Å²) >= 11 is 0. The Labute approximate surface area is 120 Å². The van der Waals surface area contributed by atoms with Gasteiger partial charge in [0.25, 0.3) is 0 Å². The van der Waals surface area contributed by atoms with Gasteiger partial charge in [-0.3, -0.25) is 0 Å². The summed E-state index contributed by atoms with van der Waals surface area (Å²) < 4.78 is 37.4. The van der Waals surface area contributed by atoms with Gasteiger partial charge in [-0.25, -0.2) is 8.42 Å². The lowest BCUT2D eigenvalue weighted by atomic mass is 10.3. The second-order valence-corrected chi connectivity index (χ2v) is 7.12. The highest BCUT2D eigenvalue weighted by molar-refractivity contribution is 7.89. The van der Waals surface area contributed by atoms with E-state index in [0.717, 1.165) is 0 Å². The molecule has 112 valence electrons. The van der Waals surface area contributed by atoms with Crippen LogP contribution in [0, 0.1) is 0 Å². The molecule has 1 fully saturated rings. The average molecular weight is 299 g/mol. The topological polar surface area (TPSA) is 55.8 Å². The fraction of sp³-hybridized carbons (Fsp3) is 0.571. The summed E-state index contributed by atoms with van der Waals surface area (Å²) in [6.45, 7) is 6.97. The van der Waals surface area contributed by atoms with E-state index in [1.54, 1.807) is 24.3 Å². The van der Waals surface area contributed by atoms with Crippen LogP contribution in [0.1, 0.15) is 20.8 Å². The highest BCUT2D eigenvalue weighted by atomic mass is 32.2. The summed E-state index contributed by atoms with van der Waals surface area (Å²) in [5.41, 5.74) is 0. The molecule has 0 bridgehead atoms. The molecule has 1 saturated heterocycles. The first-order chi connectivity index (χ1) is 9.39. The molecule has 1 aromatic carbocycles. The Hall–Kier alpha value is -1.11. The lowest BCUT2D eigenvalue weighted by Gasteiger charge is -2.30. The fourth-order valence-electron chi connectivity index (χ4n) is 2.12. The van der Waals surface area contributed by atoms with Crippen LogP contribution in [-0.2, 0) is 14.8 Å². The first-order valence-corrected chi connectivity index (χ1v) is 8.22. The van der Waals surface area contributed by atoms with E-state index >= 15 is 0 Å². The summed E-state index contributed by atoms with van der Waals surface area (Å²) in [4.78, 5) is 0.294. The van der Waals surface area contributed by atoms with Gasteiger partial charge >= 0.3 is 0 Å². The van der Waals surface area contributed by atoms with Crippen molar-refractivity contribution in [3.8, 4) is 5.75 Å². The minimum Gasteiger partial charge on any atom is -0.491 e. The molecule has 5 nitrogen and oxygen atoms in total. The van der Waals surface area contributed by atoms with Gasteiger partial charge in [-0.05, 0) is 45.0 Å². The second kappa shape index (κ2) is 6.11. The molecule has 20 heavy (non-hydrogen) atoms. The number of ether oxygens (including phenoxy) is 2. The van der Waals surface area contributed by atoms with Gasteiger partial charge < -0.3 is 9.47 Å². The van der Waals surface area contributed by atoms with Gasteiger partial charge in [0, 0.05) is 13.1 Å². The Balaban J connectivity index is 2.17. The molecule has 6 heteroatoms. The second-order valence-electron chi connectivity index (χ2n) is 5.18. The Kier molecular flexibility index (Phi) is 4.67. The number of hydrogen-bond donors (Lipinski definition) is 0. The van der Waals surface area contributed by atoms with Crippen LogP contribution >= 0.6 is 0 Å². The molecule has 0 radical (unpaired) electrons. The van der Waals surface area contributed by atoms with Crippen molar-refractivity contribution in [2.75, 3.05) is 19.7 Å². The molecule has 0 saturated carbocycles. The quantitative estimate of drug-likeness (QED) is 0.852. The van der Waals surface area contributed by atoms with E-state index in [9.17, 15) is 8.42 Å². The Morgan fingerprint density at radius 1 is 1.30 bits per heavy atom. The normalized spacial score (nSPS) is 21.1. The first kappa shape index (κ1) is 15.3. The molecule has 1 heterocycles. The van der Waals surface area contributed by atoms with E-state index in [0.29, 0.717) is 30.3 Å². The zero-order valence-corrected chi connectivity index (χ0v) is 12.9. The van der Waals surface area contributed by atoms with Crippen LogP contribution in [0.4, 0.5) is 0 Å². The summed E-state index contributed by atoms with van der Waals surface area (Å²) in [5, 5.41) is 0. The highest BCUT2D eigenvalue weighted by Crippen LogP contribution is 2.22. The Bertz CT molecular complexity index is 539. The summed E-state index contributed by atoms with van der Waals surface area (Å²) in [5.74, 6) is 0.675.